The molecule has 0 saturated carbocycles. The molecule has 0 aliphatic rings. The van der Waals surface area contributed by atoms with Gasteiger partial charge in [-0.25, -0.2) is 0 Å². The second kappa shape index (κ2) is 8.71. The first-order valence-corrected chi connectivity index (χ1v) is 8.47. The Hall–Kier alpha value is -2.12. The van der Waals surface area contributed by atoms with Crippen LogP contribution in [0.3, 0.4) is 0 Å². The molecule has 146 valence electrons. The second-order valence-electron chi connectivity index (χ2n) is 5.73. The summed E-state index contributed by atoms with van der Waals surface area (Å²) in [6, 6.07) is 10.00. The molecular weight excluding hydrogens is 406 g/mol. The molecule has 2 aromatic carbocycles. The maximum atomic E-state index is 12.8. The zero-order valence-corrected chi connectivity index (χ0v) is 15.9. The number of carbonyl (C=O) groups excluding carboxylic acids is 1. The Kier molecular flexibility index (Phi) is 6.84. The highest BCUT2D eigenvalue weighted by atomic mass is 35.5. The van der Waals surface area contributed by atoms with Crippen molar-refractivity contribution in [3.05, 3.63) is 58.1 Å². The fourth-order valence-corrected chi connectivity index (χ4v) is 2.72. The summed E-state index contributed by atoms with van der Waals surface area (Å²) in [6.45, 7) is -0.295. The van der Waals surface area contributed by atoms with Crippen molar-refractivity contribution in [1.29, 1.82) is 0 Å². The minimum absolute atomic E-state index is 0.153. The third-order valence-electron chi connectivity index (χ3n) is 3.44. The highest BCUT2D eigenvalue weighted by Gasteiger charge is 2.32. The molecule has 4 nitrogen and oxygen atoms in total. The topological polar surface area (TPSA) is 38.8 Å². The van der Waals surface area contributed by atoms with Crippen LogP contribution in [0.15, 0.2) is 42.5 Å². The minimum atomic E-state index is -4.59. The molecule has 0 bridgehead atoms. The van der Waals surface area contributed by atoms with Crippen molar-refractivity contribution in [3.63, 3.8) is 0 Å². The number of benzene rings is 2. The average Bonchev–Trinajstić information content (AvgIpc) is 2.59. The van der Waals surface area contributed by atoms with E-state index in [9.17, 15) is 18.0 Å². The van der Waals surface area contributed by atoms with Crippen molar-refractivity contribution in [3.8, 4) is 11.5 Å². The van der Waals surface area contributed by atoms with Crippen LogP contribution in [-0.4, -0.2) is 37.6 Å². The number of nitrogens with zero attached hydrogens (tertiary/aromatic N) is 1. The van der Waals surface area contributed by atoms with Crippen LogP contribution in [0.2, 0.25) is 10.0 Å². The molecule has 0 aliphatic heterocycles. The predicted molar refractivity (Wildman–Crippen MR) is 96.5 cm³/mol. The largest absolute Gasteiger partial charge is 0.486 e. The lowest BCUT2D eigenvalue weighted by Gasteiger charge is -2.23. The molecule has 1 atom stereocenters. The van der Waals surface area contributed by atoms with Crippen molar-refractivity contribution in [2.75, 3.05) is 20.7 Å². The maximum Gasteiger partial charge on any atom is 0.416 e. The van der Waals surface area contributed by atoms with Crippen LogP contribution in [0, 0.1) is 0 Å². The van der Waals surface area contributed by atoms with Gasteiger partial charge in [-0.3, -0.25) is 4.79 Å². The Bertz CT molecular complexity index is 775. The molecule has 27 heavy (non-hydrogen) atoms. The first kappa shape index (κ1) is 21.2. The third-order valence-corrected chi connectivity index (χ3v) is 4.00. The maximum absolute atomic E-state index is 12.8. The van der Waals surface area contributed by atoms with Gasteiger partial charge in [0, 0.05) is 14.1 Å². The third kappa shape index (κ3) is 5.68. The monoisotopic (exact) mass is 421 g/mol. The molecule has 0 spiro atoms. The van der Waals surface area contributed by atoms with E-state index in [4.69, 9.17) is 32.7 Å². The van der Waals surface area contributed by atoms with Crippen molar-refractivity contribution < 1.29 is 27.4 Å². The number of likely N-dealkylation sites (N-methyl/N-ethyl adjacent to an activating group) is 1. The van der Waals surface area contributed by atoms with Crippen LogP contribution in [0.25, 0.3) is 0 Å². The molecule has 0 N–H and O–H groups in total. The zero-order valence-electron chi connectivity index (χ0n) is 14.4. The van der Waals surface area contributed by atoms with E-state index in [0.29, 0.717) is 17.9 Å². The number of hydrogen-bond donors (Lipinski definition) is 0. The van der Waals surface area contributed by atoms with E-state index < -0.39 is 23.8 Å². The molecule has 1 unspecified atom stereocenters. The van der Waals surface area contributed by atoms with E-state index >= 15 is 0 Å². The van der Waals surface area contributed by atoms with Crippen LogP contribution in [0.4, 0.5) is 13.2 Å². The van der Waals surface area contributed by atoms with Gasteiger partial charge in [0.1, 0.15) is 12.4 Å². The predicted octanol–water partition coefficient (Wildman–Crippen LogP) is 4.93. The number of amides is 1. The summed E-state index contributed by atoms with van der Waals surface area (Å²) in [5.41, 5.74) is -0.994. The Morgan fingerprint density at radius 2 is 1.67 bits per heavy atom. The number of rotatable bonds is 6. The fraction of sp³-hybridized carbons (Fsp3) is 0.278. The molecule has 2 aromatic rings. The zero-order chi connectivity index (χ0) is 20.2. The standard InChI is InChI=1S/C18H16Cl2F3NO3/c1-24(2)17(25)15(27-12-6-4-3-5-7-12)10-26-16-13(19)8-11(9-14(16)20)18(21,22)23/h3-9,15H,10H2,1-2H3. The van der Waals surface area contributed by atoms with E-state index in [1.54, 1.807) is 44.4 Å². The van der Waals surface area contributed by atoms with E-state index in [2.05, 4.69) is 0 Å². The first-order valence-electron chi connectivity index (χ1n) is 7.71. The molecule has 0 fully saturated rings. The summed E-state index contributed by atoms with van der Waals surface area (Å²) in [4.78, 5) is 13.6. The molecule has 0 radical (unpaired) electrons. The highest BCUT2D eigenvalue weighted by Crippen LogP contribution is 2.40. The Morgan fingerprint density at radius 3 is 2.15 bits per heavy atom. The summed E-state index contributed by atoms with van der Waals surface area (Å²) in [7, 11) is 3.09. The number of carbonyl (C=O) groups is 1. The van der Waals surface area contributed by atoms with Crippen LogP contribution in [0.1, 0.15) is 5.56 Å². The van der Waals surface area contributed by atoms with Gasteiger partial charge in [0.15, 0.2) is 5.75 Å². The summed E-state index contributed by atoms with van der Waals surface area (Å²) < 4.78 is 49.5. The number of alkyl halides is 3. The molecule has 9 heteroatoms. The molecule has 2 rings (SSSR count). The molecule has 0 aromatic heterocycles. The molecule has 0 saturated heterocycles. The number of halogens is 5. The summed E-state index contributed by atoms with van der Waals surface area (Å²) in [5, 5.41) is -0.629. The SMILES string of the molecule is CN(C)C(=O)C(COc1c(Cl)cc(C(F)(F)F)cc1Cl)Oc1ccccc1. The highest BCUT2D eigenvalue weighted by molar-refractivity contribution is 6.37. The molecule has 0 aliphatic carbocycles. The van der Waals surface area contributed by atoms with E-state index in [0.717, 1.165) is 0 Å². The normalized spacial score (nSPS) is 12.4. The molecule has 0 heterocycles. The van der Waals surface area contributed by atoms with Crippen LogP contribution < -0.4 is 9.47 Å². The summed E-state index contributed by atoms with van der Waals surface area (Å²) >= 11 is 11.8. The Labute approximate surface area is 164 Å². The van der Waals surface area contributed by atoms with E-state index in [1.807, 2.05) is 0 Å². The smallest absolute Gasteiger partial charge is 0.416 e. The lowest BCUT2D eigenvalue weighted by molar-refractivity contribution is -0.138. The van der Waals surface area contributed by atoms with E-state index in [1.165, 1.54) is 4.90 Å². The summed E-state index contributed by atoms with van der Waals surface area (Å²) in [6.07, 6.45) is -5.64. The lowest BCUT2D eigenvalue weighted by atomic mass is 10.2. The van der Waals surface area contributed by atoms with Gasteiger partial charge in [0.05, 0.1) is 15.6 Å². The Balaban J connectivity index is 2.20. The van der Waals surface area contributed by atoms with Crippen molar-refractivity contribution in [2.45, 2.75) is 12.3 Å². The second-order valence-corrected chi connectivity index (χ2v) is 6.54. The molecule has 1 amide bonds. The lowest BCUT2D eigenvalue weighted by Crippen LogP contribution is -2.41. The minimum Gasteiger partial charge on any atom is -0.486 e. The van der Waals surface area contributed by atoms with Gasteiger partial charge in [-0.05, 0) is 24.3 Å². The summed E-state index contributed by atoms with van der Waals surface area (Å²) in [5.74, 6) is -0.108. The van der Waals surface area contributed by atoms with Gasteiger partial charge in [-0.15, -0.1) is 0 Å². The van der Waals surface area contributed by atoms with Crippen LogP contribution >= 0.6 is 23.2 Å². The van der Waals surface area contributed by atoms with Crippen molar-refractivity contribution in [2.24, 2.45) is 0 Å². The fourth-order valence-electron chi connectivity index (χ4n) is 2.13. The number of para-hydroxylation sites is 1. The molecular formula is C18H16Cl2F3NO3. The van der Waals surface area contributed by atoms with Gasteiger partial charge >= 0.3 is 6.18 Å². The van der Waals surface area contributed by atoms with Crippen molar-refractivity contribution >= 4 is 29.1 Å². The van der Waals surface area contributed by atoms with Gasteiger partial charge < -0.3 is 14.4 Å². The van der Waals surface area contributed by atoms with Gasteiger partial charge in [-0.2, -0.15) is 13.2 Å². The van der Waals surface area contributed by atoms with Gasteiger partial charge in [-0.1, -0.05) is 41.4 Å². The van der Waals surface area contributed by atoms with Gasteiger partial charge in [0.25, 0.3) is 5.91 Å². The van der Waals surface area contributed by atoms with Crippen LogP contribution in [-0.2, 0) is 11.0 Å². The average molecular weight is 422 g/mol. The quantitative estimate of drug-likeness (QED) is 0.663. The van der Waals surface area contributed by atoms with Crippen molar-refractivity contribution in [1.82, 2.24) is 4.90 Å². The van der Waals surface area contributed by atoms with E-state index in [-0.39, 0.29) is 22.4 Å². The van der Waals surface area contributed by atoms with Gasteiger partial charge in [0.2, 0.25) is 6.10 Å². The van der Waals surface area contributed by atoms with Crippen LogP contribution in [0.5, 0.6) is 11.5 Å². The number of hydrogen-bond acceptors (Lipinski definition) is 3. The Morgan fingerprint density at radius 1 is 1.11 bits per heavy atom. The first-order chi connectivity index (χ1) is 12.6. The number of ether oxygens (including phenoxy) is 2.